The highest BCUT2D eigenvalue weighted by Gasteiger charge is 2.14. The minimum Gasteiger partial charge on any atom is -0.380 e. The number of hydrogen-bond acceptors (Lipinski definition) is 4. The third-order valence-corrected chi connectivity index (χ3v) is 2.18. The Morgan fingerprint density at radius 3 is 2.53 bits per heavy atom. The van der Waals surface area contributed by atoms with Gasteiger partial charge in [-0.1, -0.05) is 0 Å². The lowest BCUT2D eigenvalue weighted by atomic mass is 10.2. The Balaban J connectivity index is 1.85. The lowest BCUT2D eigenvalue weighted by Gasteiger charge is -2.11. The van der Waals surface area contributed by atoms with Crippen molar-refractivity contribution in [3.63, 3.8) is 0 Å². The molecule has 1 aromatic carbocycles. The Bertz CT molecular complexity index is 350. The zero-order valence-corrected chi connectivity index (χ0v) is 8.27. The molecule has 78 valence electrons. The van der Waals surface area contributed by atoms with Crippen LogP contribution in [0.25, 0.3) is 0 Å². The van der Waals surface area contributed by atoms with Gasteiger partial charge in [-0.2, -0.15) is 5.26 Å². The quantitative estimate of drug-likeness (QED) is 0.807. The van der Waals surface area contributed by atoms with Crippen molar-refractivity contribution in [1.82, 2.24) is 0 Å². The van der Waals surface area contributed by atoms with Gasteiger partial charge in [0.2, 0.25) is 0 Å². The van der Waals surface area contributed by atoms with E-state index in [0.717, 1.165) is 5.69 Å². The highest BCUT2D eigenvalue weighted by molar-refractivity contribution is 5.47. The van der Waals surface area contributed by atoms with E-state index in [1.165, 1.54) is 0 Å². The Hall–Kier alpha value is -1.57. The molecule has 1 heterocycles. The summed E-state index contributed by atoms with van der Waals surface area (Å²) in [5.74, 6) is 0. The normalized spacial score (nSPS) is 16.2. The molecule has 1 N–H and O–H groups in total. The number of nitrogens with one attached hydrogen (secondary N) is 1. The van der Waals surface area contributed by atoms with Crippen molar-refractivity contribution in [3.8, 4) is 6.07 Å². The van der Waals surface area contributed by atoms with Crippen molar-refractivity contribution in [3.05, 3.63) is 29.8 Å². The second-order valence-electron chi connectivity index (χ2n) is 3.24. The van der Waals surface area contributed by atoms with Crippen LogP contribution in [0.4, 0.5) is 5.69 Å². The molecule has 15 heavy (non-hydrogen) atoms. The molecular weight excluding hydrogens is 192 g/mol. The topological polar surface area (TPSA) is 54.3 Å². The van der Waals surface area contributed by atoms with E-state index in [1.807, 2.05) is 12.1 Å². The minimum absolute atomic E-state index is 0.152. The summed E-state index contributed by atoms with van der Waals surface area (Å²) in [5.41, 5.74) is 1.63. The molecule has 4 heteroatoms. The average molecular weight is 204 g/mol. The fraction of sp³-hybridized carbons (Fsp3) is 0.364. The number of anilines is 1. The summed E-state index contributed by atoms with van der Waals surface area (Å²) in [6.07, 6.45) is -0.152. The summed E-state index contributed by atoms with van der Waals surface area (Å²) in [4.78, 5) is 0. The molecule has 0 atom stereocenters. The van der Waals surface area contributed by atoms with Gasteiger partial charge in [-0.3, -0.25) is 0 Å². The van der Waals surface area contributed by atoms with Crippen LogP contribution in [0.15, 0.2) is 24.3 Å². The van der Waals surface area contributed by atoms with Gasteiger partial charge >= 0.3 is 0 Å². The maximum Gasteiger partial charge on any atom is 0.174 e. The van der Waals surface area contributed by atoms with Gasteiger partial charge in [-0.15, -0.1) is 0 Å². The smallest absolute Gasteiger partial charge is 0.174 e. The summed E-state index contributed by atoms with van der Waals surface area (Å²) in [6.45, 7) is 1.96. The van der Waals surface area contributed by atoms with E-state index >= 15 is 0 Å². The highest BCUT2D eigenvalue weighted by atomic mass is 16.7. The van der Waals surface area contributed by atoms with Crippen LogP contribution in [0.1, 0.15) is 5.56 Å². The molecule has 1 aromatic rings. The van der Waals surface area contributed by atoms with Gasteiger partial charge < -0.3 is 14.8 Å². The van der Waals surface area contributed by atoms with Crippen LogP contribution in [0.5, 0.6) is 0 Å². The zero-order chi connectivity index (χ0) is 10.5. The first kappa shape index (κ1) is 9.97. The number of rotatable bonds is 3. The van der Waals surface area contributed by atoms with Gasteiger partial charge in [-0.05, 0) is 24.3 Å². The molecule has 0 saturated carbocycles. The maximum atomic E-state index is 8.62. The van der Waals surface area contributed by atoms with Gasteiger partial charge in [0, 0.05) is 5.69 Å². The third-order valence-electron chi connectivity index (χ3n) is 2.18. The largest absolute Gasteiger partial charge is 0.380 e. The summed E-state index contributed by atoms with van der Waals surface area (Å²) in [5, 5.41) is 11.8. The fourth-order valence-corrected chi connectivity index (χ4v) is 1.39. The molecule has 1 aliphatic heterocycles. The number of nitrogens with zero attached hydrogens (tertiary/aromatic N) is 1. The summed E-state index contributed by atoms with van der Waals surface area (Å²) in [6, 6.07) is 9.36. The minimum atomic E-state index is -0.152. The van der Waals surface area contributed by atoms with Crippen molar-refractivity contribution in [2.75, 3.05) is 25.1 Å². The van der Waals surface area contributed by atoms with Gasteiger partial charge in [-0.25, -0.2) is 0 Å². The van der Waals surface area contributed by atoms with E-state index < -0.39 is 0 Å². The van der Waals surface area contributed by atoms with Gasteiger partial charge in [0.1, 0.15) is 0 Å². The van der Waals surface area contributed by atoms with Crippen LogP contribution in [-0.2, 0) is 9.47 Å². The van der Waals surface area contributed by atoms with Crippen molar-refractivity contribution >= 4 is 5.69 Å². The highest BCUT2D eigenvalue weighted by Crippen LogP contribution is 2.10. The van der Waals surface area contributed by atoms with Crippen LogP contribution in [0, 0.1) is 11.3 Å². The molecule has 0 unspecified atom stereocenters. The first-order valence-electron chi connectivity index (χ1n) is 4.86. The Kier molecular flexibility index (Phi) is 3.18. The van der Waals surface area contributed by atoms with Crippen LogP contribution < -0.4 is 5.32 Å². The predicted molar refractivity (Wildman–Crippen MR) is 55.3 cm³/mol. The maximum absolute atomic E-state index is 8.62. The molecule has 0 aliphatic carbocycles. The fourth-order valence-electron chi connectivity index (χ4n) is 1.39. The van der Waals surface area contributed by atoms with E-state index in [0.29, 0.717) is 25.3 Å². The van der Waals surface area contributed by atoms with Crippen molar-refractivity contribution in [1.29, 1.82) is 5.26 Å². The number of ether oxygens (including phenoxy) is 2. The van der Waals surface area contributed by atoms with E-state index in [4.69, 9.17) is 14.7 Å². The van der Waals surface area contributed by atoms with Crippen LogP contribution >= 0.6 is 0 Å². The molecule has 1 aliphatic rings. The summed E-state index contributed by atoms with van der Waals surface area (Å²) < 4.78 is 10.6. The van der Waals surface area contributed by atoms with Crippen LogP contribution in [0.3, 0.4) is 0 Å². The standard InChI is InChI=1S/C11H12N2O2/c12-7-9-1-3-10(4-2-9)13-8-11-14-5-6-15-11/h1-4,11,13H,5-6,8H2. The SMILES string of the molecule is N#Cc1ccc(NCC2OCCO2)cc1. The Morgan fingerprint density at radius 2 is 1.93 bits per heavy atom. The van der Waals surface area contributed by atoms with Gasteiger partial charge in [0.05, 0.1) is 31.4 Å². The van der Waals surface area contributed by atoms with Crippen molar-refractivity contribution < 1.29 is 9.47 Å². The first-order chi connectivity index (χ1) is 7.38. The molecule has 2 rings (SSSR count). The average Bonchev–Trinajstić information content (AvgIpc) is 2.80. The predicted octanol–water partition coefficient (Wildman–Crippen LogP) is 1.34. The molecule has 0 amide bonds. The van der Waals surface area contributed by atoms with Crippen LogP contribution in [-0.4, -0.2) is 26.0 Å². The monoisotopic (exact) mass is 204 g/mol. The van der Waals surface area contributed by atoms with E-state index in [1.54, 1.807) is 12.1 Å². The van der Waals surface area contributed by atoms with E-state index in [2.05, 4.69) is 11.4 Å². The van der Waals surface area contributed by atoms with Crippen LogP contribution in [0.2, 0.25) is 0 Å². The van der Waals surface area contributed by atoms with Gasteiger partial charge in [0.15, 0.2) is 6.29 Å². The summed E-state index contributed by atoms with van der Waals surface area (Å²) >= 11 is 0. The molecular formula is C11H12N2O2. The third kappa shape index (κ3) is 2.69. The molecule has 1 fully saturated rings. The number of benzene rings is 1. The summed E-state index contributed by atoms with van der Waals surface area (Å²) in [7, 11) is 0. The van der Waals surface area contributed by atoms with Gasteiger partial charge in [0.25, 0.3) is 0 Å². The molecule has 1 saturated heterocycles. The molecule has 4 nitrogen and oxygen atoms in total. The van der Waals surface area contributed by atoms with E-state index in [9.17, 15) is 0 Å². The molecule has 0 bridgehead atoms. The Labute approximate surface area is 88.4 Å². The molecule has 0 spiro atoms. The molecule has 0 aromatic heterocycles. The first-order valence-corrected chi connectivity index (χ1v) is 4.86. The lowest BCUT2D eigenvalue weighted by molar-refractivity contribution is -0.0299. The van der Waals surface area contributed by atoms with E-state index in [-0.39, 0.29) is 6.29 Å². The second-order valence-corrected chi connectivity index (χ2v) is 3.24. The number of nitriles is 1. The van der Waals surface area contributed by atoms with Crippen molar-refractivity contribution in [2.24, 2.45) is 0 Å². The lowest BCUT2D eigenvalue weighted by Crippen LogP contribution is -2.20. The zero-order valence-electron chi connectivity index (χ0n) is 8.27. The second kappa shape index (κ2) is 4.78. The number of hydrogen-bond donors (Lipinski definition) is 1. The Morgan fingerprint density at radius 1 is 1.27 bits per heavy atom. The van der Waals surface area contributed by atoms with Crippen molar-refractivity contribution in [2.45, 2.75) is 6.29 Å². The molecule has 0 radical (unpaired) electrons.